The zero-order valence-corrected chi connectivity index (χ0v) is 18.1. The molecule has 0 aliphatic carbocycles. The van der Waals surface area contributed by atoms with Crippen LogP contribution in [0.4, 0.5) is 8.78 Å². The summed E-state index contributed by atoms with van der Waals surface area (Å²) in [5.41, 5.74) is 1.23. The summed E-state index contributed by atoms with van der Waals surface area (Å²) in [6.07, 6.45) is 2.21. The van der Waals surface area contributed by atoms with E-state index >= 15 is 0 Å². The minimum absolute atomic E-state index is 0.0805. The quantitative estimate of drug-likeness (QED) is 0.663. The van der Waals surface area contributed by atoms with Gasteiger partial charge in [0.05, 0.1) is 4.90 Å². The van der Waals surface area contributed by atoms with Crippen LogP contribution in [0, 0.1) is 5.92 Å². The third-order valence-corrected chi connectivity index (χ3v) is 7.26. The highest BCUT2D eigenvalue weighted by Crippen LogP contribution is 2.23. The number of ether oxygens (including phenoxy) is 1. The number of alkyl halides is 2. The van der Waals surface area contributed by atoms with Gasteiger partial charge in [-0.2, -0.15) is 13.1 Å². The number of sulfonamides is 1. The van der Waals surface area contributed by atoms with Crippen LogP contribution in [0.5, 0.6) is 5.75 Å². The highest BCUT2D eigenvalue weighted by Gasteiger charge is 2.28. The van der Waals surface area contributed by atoms with E-state index < -0.39 is 16.6 Å². The lowest BCUT2D eigenvalue weighted by molar-refractivity contribution is -0.0498. The predicted molar refractivity (Wildman–Crippen MR) is 113 cm³/mol. The van der Waals surface area contributed by atoms with E-state index in [1.54, 1.807) is 12.1 Å². The summed E-state index contributed by atoms with van der Waals surface area (Å²) in [7, 11) is -3.55. The fraction of sp³-hybridized carbons (Fsp3) is 0.409. The Balaban J connectivity index is 1.52. The van der Waals surface area contributed by atoms with Crippen molar-refractivity contribution in [2.75, 3.05) is 19.6 Å². The van der Waals surface area contributed by atoms with Crippen molar-refractivity contribution < 1.29 is 26.7 Å². The third kappa shape index (κ3) is 6.24. The van der Waals surface area contributed by atoms with Gasteiger partial charge in [-0.05, 0) is 67.1 Å². The molecule has 0 saturated carbocycles. The Hall–Kier alpha value is -2.52. The van der Waals surface area contributed by atoms with Gasteiger partial charge in [-0.15, -0.1) is 0 Å². The van der Waals surface area contributed by atoms with Crippen LogP contribution in [0.15, 0.2) is 53.4 Å². The molecule has 1 amide bonds. The zero-order valence-electron chi connectivity index (χ0n) is 17.3. The Morgan fingerprint density at radius 1 is 1.10 bits per heavy atom. The van der Waals surface area contributed by atoms with E-state index in [0.29, 0.717) is 37.5 Å². The van der Waals surface area contributed by atoms with E-state index in [4.69, 9.17) is 0 Å². The maximum Gasteiger partial charge on any atom is 0.387 e. The smallest absolute Gasteiger partial charge is 0.387 e. The summed E-state index contributed by atoms with van der Waals surface area (Å²) in [5.74, 6) is 0.298. The first-order valence-electron chi connectivity index (χ1n) is 10.2. The third-order valence-electron chi connectivity index (χ3n) is 5.34. The number of amides is 1. The van der Waals surface area contributed by atoms with Crippen LogP contribution in [0.1, 0.15) is 35.7 Å². The molecule has 2 aromatic rings. The van der Waals surface area contributed by atoms with E-state index in [2.05, 4.69) is 17.0 Å². The van der Waals surface area contributed by atoms with Crippen molar-refractivity contribution in [3.63, 3.8) is 0 Å². The van der Waals surface area contributed by atoms with Crippen molar-refractivity contribution in [1.29, 1.82) is 0 Å². The van der Waals surface area contributed by atoms with Crippen molar-refractivity contribution in [2.45, 2.75) is 37.7 Å². The minimum atomic E-state index is -3.55. The van der Waals surface area contributed by atoms with Gasteiger partial charge >= 0.3 is 6.61 Å². The molecule has 31 heavy (non-hydrogen) atoms. The molecular formula is C22H26F2N2O4S. The summed E-state index contributed by atoms with van der Waals surface area (Å²) in [4.78, 5) is 12.5. The number of halogens is 2. The van der Waals surface area contributed by atoms with Gasteiger partial charge in [0.25, 0.3) is 5.91 Å². The van der Waals surface area contributed by atoms with Gasteiger partial charge in [-0.3, -0.25) is 4.79 Å². The molecule has 0 aromatic heterocycles. The average molecular weight is 453 g/mol. The molecule has 0 bridgehead atoms. The number of nitrogens with one attached hydrogen (secondary N) is 1. The first kappa shape index (κ1) is 23.1. The van der Waals surface area contributed by atoms with Crippen LogP contribution in [0.2, 0.25) is 0 Å². The summed E-state index contributed by atoms with van der Waals surface area (Å²) in [6, 6.07) is 12.2. The monoisotopic (exact) mass is 452 g/mol. The molecule has 1 N–H and O–H groups in total. The molecule has 6 nitrogen and oxygen atoms in total. The van der Waals surface area contributed by atoms with Crippen LogP contribution < -0.4 is 10.1 Å². The number of hydrogen-bond acceptors (Lipinski definition) is 4. The summed E-state index contributed by atoms with van der Waals surface area (Å²) in [6.45, 7) is 0.630. The summed E-state index contributed by atoms with van der Waals surface area (Å²) >= 11 is 0. The predicted octanol–water partition coefficient (Wildman–Crippen LogP) is 3.68. The van der Waals surface area contributed by atoms with E-state index in [1.807, 2.05) is 0 Å². The summed E-state index contributed by atoms with van der Waals surface area (Å²) < 4.78 is 55.7. The topological polar surface area (TPSA) is 75.7 Å². The second-order valence-electron chi connectivity index (χ2n) is 7.64. The van der Waals surface area contributed by atoms with Crippen LogP contribution in [0.25, 0.3) is 0 Å². The molecule has 0 radical (unpaired) electrons. The van der Waals surface area contributed by atoms with Gasteiger partial charge in [-0.25, -0.2) is 8.42 Å². The number of carbonyl (C=O) groups excluding carboxylic acids is 1. The number of benzene rings is 2. The molecule has 0 unspecified atom stereocenters. The largest absolute Gasteiger partial charge is 0.435 e. The molecule has 2 aromatic carbocycles. The Morgan fingerprint density at radius 2 is 1.71 bits per heavy atom. The molecule has 3 rings (SSSR count). The molecule has 9 heteroatoms. The molecular weight excluding hydrogens is 426 g/mol. The Kier molecular flexibility index (Phi) is 7.61. The van der Waals surface area contributed by atoms with Crippen molar-refractivity contribution in [3.8, 4) is 5.75 Å². The fourth-order valence-corrected chi connectivity index (χ4v) is 4.88. The summed E-state index contributed by atoms with van der Waals surface area (Å²) in [5, 5.41) is 2.77. The van der Waals surface area contributed by atoms with E-state index in [-0.39, 0.29) is 16.6 Å². The van der Waals surface area contributed by atoms with Crippen molar-refractivity contribution in [2.24, 2.45) is 5.92 Å². The van der Waals surface area contributed by atoms with E-state index in [0.717, 1.165) is 18.4 Å². The van der Waals surface area contributed by atoms with Gasteiger partial charge in [0.2, 0.25) is 10.0 Å². The number of nitrogens with zero attached hydrogens (tertiary/aromatic N) is 1. The normalized spacial score (nSPS) is 15.7. The van der Waals surface area contributed by atoms with Crippen molar-refractivity contribution in [3.05, 3.63) is 59.7 Å². The van der Waals surface area contributed by atoms with E-state index in [1.165, 1.54) is 40.7 Å². The van der Waals surface area contributed by atoms with Gasteiger partial charge in [-0.1, -0.05) is 19.1 Å². The van der Waals surface area contributed by atoms with Gasteiger partial charge in [0.15, 0.2) is 0 Å². The van der Waals surface area contributed by atoms with E-state index in [9.17, 15) is 22.0 Å². The molecule has 1 aliphatic rings. The molecule has 1 fully saturated rings. The lowest BCUT2D eigenvalue weighted by Crippen LogP contribution is -2.37. The number of rotatable bonds is 8. The standard InChI is InChI=1S/C22H26F2N2O4S/c1-16-11-14-26(15-12-16)31(28,29)20-8-4-18(5-9-20)21(27)25-13-10-17-2-6-19(7-3-17)30-22(23)24/h2-9,16,22H,10-15H2,1H3,(H,25,27). The van der Waals surface area contributed by atoms with Crippen LogP contribution in [-0.2, 0) is 16.4 Å². The lowest BCUT2D eigenvalue weighted by Gasteiger charge is -2.29. The molecule has 0 spiro atoms. The molecule has 0 atom stereocenters. The Bertz CT molecular complexity index is 972. The second kappa shape index (κ2) is 10.2. The molecule has 1 heterocycles. The minimum Gasteiger partial charge on any atom is -0.435 e. The number of carbonyl (C=O) groups is 1. The van der Waals surface area contributed by atoms with Crippen LogP contribution >= 0.6 is 0 Å². The Morgan fingerprint density at radius 3 is 2.29 bits per heavy atom. The van der Waals surface area contributed by atoms with Crippen LogP contribution in [-0.4, -0.2) is 44.9 Å². The van der Waals surface area contributed by atoms with Gasteiger partial charge in [0, 0.05) is 25.2 Å². The highest BCUT2D eigenvalue weighted by atomic mass is 32.2. The second-order valence-corrected chi connectivity index (χ2v) is 9.58. The molecule has 1 saturated heterocycles. The van der Waals surface area contributed by atoms with Crippen molar-refractivity contribution in [1.82, 2.24) is 9.62 Å². The zero-order chi connectivity index (χ0) is 22.4. The molecule has 168 valence electrons. The number of piperidine rings is 1. The average Bonchev–Trinajstić information content (AvgIpc) is 2.75. The number of hydrogen-bond donors (Lipinski definition) is 1. The maximum absolute atomic E-state index is 12.8. The van der Waals surface area contributed by atoms with Crippen LogP contribution in [0.3, 0.4) is 0 Å². The SMILES string of the molecule is CC1CCN(S(=O)(=O)c2ccc(C(=O)NCCc3ccc(OC(F)F)cc3)cc2)CC1. The highest BCUT2D eigenvalue weighted by molar-refractivity contribution is 7.89. The maximum atomic E-state index is 12.8. The first-order valence-corrected chi connectivity index (χ1v) is 11.6. The Labute approximate surface area is 181 Å². The first-order chi connectivity index (χ1) is 14.8. The lowest BCUT2D eigenvalue weighted by atomic mass is 10.0. The fourth-order valence-electron chi connectivity index (χ4n) is 3.41. The van der Waals surface area contributed by atoms with Gasteiger partial charge in [0.1, 0.15) is 5.75 Å². The van der Waals surface area contributed by atoms with Gasteiger partial charge < -0.3 is 10.1 Å². The molecule has 1 aliphatic heterocycles. The van der Waals surface area contributed by atoms with Crippen molar-refractivity contribution >= 4 is 15.9 Å².